The molecule has 1 saturated heterocycles. The van der Waals surface area contributed by atoms with Crippen LogP contribution in [0.1, 0.15) is 24.8 Å². The number of benzene rings is 2. The minimum Gasteiger partial charge on any atom is -0.340 e. The zero-order chi connectivity index (χ0) is 20.7. The summed E-state index contributed by atoms with van der Waals surface area (Å²) in [5, 5.41) is 0. The Balaban J connectivity index is 0.00000144. The molecule has 2 aromatic carbocycles. The molecule has 0 bridgehead atoms. The fourth-order valence-corrected chi connectivity index (χ4v) is 5.57. The van der Waals surface area contributed by atoms with Gasteiger partial charge in [0.15, 0.2) is 0 Å². The third-order valence-electron chi connectivity index (χ3n) is 6.28. The van der Waals surface area contributed by atoms with Gasteiger partial charge in [0.2, 0.25) is 0 Å². The van der Waals surface area contributed by atoms with E-state index in [2.05, 4.69) is 14.7 Å². The van der Waals surface area contributed by atoms with Gasteiger partial charge in [-0.1, -0.05) is 23.9 Å². The predicted octanol–water partition coefficient (Wildman–Crippen LogP) is 6.32. The van der Waals surface area contributed by atoms with E-state index >= 15 is 0 Å². The minimum absolute atomic E-state index is 0. The van der Waals surface area contributed by atoms with E-state index in [9.17, 15) is 13.2 Å². The molecular formula is C23H28Cl2F3N3S. The van der Waals surface area contributed by atoms with Crippen LogP contribution in [0.2, 0.25) is 0 Å². The number of hydrogen-bond acceptors (Lipinski definition) is 4. The average molecular weight is 506 g/mol. The van der Waals surface area contributed by atoms with E-state index in [0.717, 1.165) is 60.7 Å². The summed E-state index contributed by atoms with van der Waals surface area (Å²) in [5.74, 6) is 0. The van der Waals surface area contributed by atoms with Crippen molar-refractivity contribution in [3.8, 4) is 0 Å². The van der Waals surface area contributed by atoms with Crippen LogP contribution in [0.15, 0.2) is 52.3 Å². The van der Waals surface area contributed by atoms with Crippen LogP contribution in [0.25, 0.3) is 0 Å². The van der Waals surface area contributed by atoms with Gasteiger partial charge in [-0.3, -0.25) is 4.90 Å². The quantitative estimate of drug-likeness (QED) is 0.469. The highest BCUT2D eigenvalue weighted by molar-refractivity contribution is 7.99. The third-order valence-corrected chi connectivity index (χ3v) is 7.41. The van der Waals surface area contributed by atoms with Crippen LogP contribution in [0, 0.1) is 0 Å². The molecule has 2 heterocycles. The topological polar surface area (TPSA) is 9.72 Å². The monoisotopic (exact) mass is 505 g/mol. The standard InChI is InChI=1S/C23H26F3N3S.2ClH/c24-23(25,26)17-6-9-22-20(16-17)29(19-4-1-2-5-21(19)30-22)11-3-10-27-12-14-28(15-13-27)18-7-8-18;;/h1-2,4-6,9,16,18H,3,7-8,10-15H2;2*1H. The first-order valence-electron chi connectivity index (χ1n) is 10.7. The Morgan fingerprint density at radius 2 is 1.53 bits per heavy atom. The summed E-state index contributed by atoms with van der Waals surface area (Å²) in [7, 11) is 0. The second kappa shape index (κ2) is 10.4. The van der Waals surface area contributed by atoms with E-state index in [0.29, 0.717) is 12.2 Å². The molecule has 1 saturated carbocycles. The summed E-state index contributed by atoms with van der Waals surface area (Å²) < 4.78 is 40.0. The number of rotatable bonds is 5. The predicted molar refractivity (Wildman–Crippen MR) is 129 cm³/mol. The first-order valence-corrected chi connectivity index (χ1v) is 11.5. The van der Waals surface area contributed by atoms with Crippen molar-refractivity contribution in [2.75, 3.05) is 44.2 Å². The smallest absolute Gasteiger partial charge is 0.340 e. The summed E-state index contributed by atoms with van der Waals surface area (Å²) >= 11 is 1.55. The van der Waals surface area contributed by atoms with E-state index in [1.54, 1.807) is 17.8 Å². The molecule has 5 rings (SSSR count). The van der Waals surface area contributed by atoms with Crippen LogP contribution < -0.4 is 4.90 Å². The highest BCUT2D eigenvalue weighted by Crippen LogP contribution is 2.49. The van der Waals surface area contributed by atoms with Crippen molar-refractivity contribution < 1.29 is 13.2 Å². The summed E-state index contributed by atoms with van der Waals surface area (Å²) in [6.45, 7) is 6.18. The molecule has 2 aromatic rings. The van der Waals surface area contributed by atoms with Crippen LogP contribution in [0.5, 0.6) is 0 Å². The third kappa shape index (κ3) is 5.50. The average Bonchev–Trinajstić information content (AvgIpc) is 3.58. The molecule has 0 atom stereocenters. The number of para-hydroxylation sites is 1. The van der Waals surface area contributed by atoms with Gasteiger partial charge in [-0.25, -0.2) is 0 Å². The fourth-order valence-electron chi connectivity index (χ4n) is 4.49. The Labute approximate surface area is 204 Å². The number of anilines is 2. The van der Waals surface area contributed by atoms with E-state index in [1.807, 2.05) is 24.3 Å². The lowest BCUT2D eigenvalue weighted by Crippen LogP contribution is -2.47. The van der Waals surface area contributed by atoms with Crippen molar-refractivity contribution in [3.05, 3.63) is 48.0 Å². The van der Waals surface area contributed by atoms with Crippen molar-refractivity contribution >= 4 is 48.0 Å². The Morgan fingerprint density at radius 3 is 2.22 bits per heavy atom. The van der Waals surface area contributed by atoms with Crippen LogP contribution in [0.3, 0.4) is 0 Å². The molecule has 0 aromatic heterocycles. The molecule has 0 N–H and O–H groups in total. The van der Waals surface area contributed by atoms with Gasteiger partial charge in [-0.05, 0) is 56.1 Å². The lowest BCUT2D eigenvalue weighted by atomic mass is 10.1. The maximum absolute atomic E-state index is 13.3. The van der Waals surface area contributed by atoms with Crippen LogP contribution in [-0.2, 0) is 6.18 Å². The van der Waals surface area contributed by atoms with E-state index in [4.69, 9.17) is 0 Å². The van der Waals surface area contributed by atoms with Gasteiger partial charge < -0.3 is 9.80 Å². The highest BCUT2D eigenvalue weighted by Gasteiger charge is 2.34. The first kappa shape index (κ1) is 25.5. The lowest BCUT2D eigenvalue weighted by molar-refractivity contribution is -0.137. The highest BCUT2D eigenvalue weighted by atomic mass is 35.5. The Morgan fingerprint density at radius 1 is 0.844 bits per heavy atom. The number of fused-ring (bicyclic) bond motifs is 2. The molecule has 1 aliphatic carbocycles. The largest absolute Gasteiger partial charge is 0.416 e. The Bertz CT molecular complexity index is 916. The number of hydrogen-bond donors (Lipinski definition) is 0. The molecule has 0 amide bonds. The van der Waals surface area contributed by atoms with Crippen molar-refractivity contribution in [1.82, 2.24) is 9.80 Å². The van der Waals surface area contributed by atoms with Gasteiger partial charge >= 0.3 is 6.18 Å². The summed E-state index contributed by atoms with van der Waals surface area (Å²) in [5.41, 5.74) is 1.10. The van der Waals surface area contributed by atoms with Crippen LogP contribution in [-0.4, -0.2) is 55.1 Å². The maximum atomic E-state index is 13.3. The zero-order valence-electron chi connectivity index (χ0n) is 17.7. The second-order valence-corrected chi connectivity index (χ2v) is 9.45. The van der Waals surface area contributed by atoms with Gasteiger partial charge in [0, 0.05) is 48.6 Å². The van der Waals surface area contributed by atoms with Crippen LogP contribution >= 0.6 is 36.6 Å². The maximum Gasteiger partial charge on any atom is 0.416 e. The zero-order valence-corrected chi connectivity index (χ0v) is 20.1. The van der Waals surface area contributed by atoms with E-state index in [-0.39, 0.29) is 24.8 Å². The fraction of sp³-hybridized carbons (Fsp3) is 0.478. The van der Waals surface area contributed by atoms with Gasteiger partial charge in [0.05, 0.1) is 16.9 Å². The molecule has 0 spiro atoms. The second-order valence-electron chi connectivity index (χ2n) is 8.36. The Hall–Kier alpha value is -1.12. The Kier molecular flexibility index (Phi) is 8.31. The molecule has 3 nitrogen and oxygen atoms in total. The molecule has 176 valence electrons. The molecule has 9 heteroatoms. The lowest BCUT2D eigenvalue weighted by Gasteiger charge is -2.36. The minimum atomic E-state index is -4.33. The number of piperazine rings is 1. The summed E-state index contributed by atoms with van der Waals surface area (Å²) in [6.07, 6.45) is -0.695. The molecule has 0 unspecified atom stereocenters. The van der Waals surface area contributed by atoms with Gasteiger partial charge in [-0.15, -0.1) is 24.8 Å². The van der Waals surface area contributed by atoms with E-state index in [1.165, 1.54) is 25.0 Å². The first-order chi connectivity index (χ1) is 14.5. The van der Waals surface area contributed by atoms with E-state index < -0.39 is 11.7 Å². The van der Waals surface area contributed by atoms with Gasteiger partial charge in [0.1, 0.15) is 0 Å². The molecular weight excluding hydrogens is 478 g/mol. The van der Waals surface area contributed by atoms with Crippen molar-refractivity contribution in [3.63, 3.8) is 0 Å². The van der Waals surface area contributed by atoms with Crippen molar-refractivity contribution in [2.24, 2.45) is 0 Å². The molecule has 2 fully saturated rings. The van der Waals surface area contributed by atoms with Gasteiger partial charge in [-0.2, -0.15) is 13.2 Å². The SMILES string of the molecule is Cl.Cl.FC(F)(F)c1ccc2c(c1)N(CCCN1CCN(C3CC3)CC1)c1ccccc1S2. The van der Waals surface area contributed by atoms with Gasteiger partial charge in [0.25, 0.3) is 0 Å². The molecule has 32 heavy (non-hydrogen) atoms. The number of alkyl halides is 3. The van der Waals surface area contributed by atoms with Crippen molar-refractivity contribution in [1.29, 1.82) is 0 Å². The molecule has 3 aliphatic rings. The number of nitrogens with zero attached hydrogens (tertiary/aromatic N) is 3. The normalized spacial score (nSPS) is 18.9. The molecule has 0 radical (unpaired) electrons. The molecule has 2 aliphatic heterocycles. The summed E-state index contributed by atoms with van der Waals surface area (Å²) in [4.78, 5) is 9.17. The number of halogens is 5. The van der Waals surface area contributed by atoms with Crippen molar-refractivity contribution in [2.45, 2.75) is 41.3 Å². The van der Waals surface area contributed by atoms with Crippen LogP contribution in [0.4, 0.5) is 24.5 Å². The summed E-state index contributed by atoms with van der Waals surface area (Å²) in [6, 6.07) is 13.0.